The summed E-state index contributed by atoms with van der Waals surface area (Å²) in [5.41, 5.74) is 10.5. The number of hydrogen-bond donors (Lipinski definition) is 1. The number of aromatic nitrogens is 2. The van der Waals surface area contributed by atoms with E-state index in [9.17, 15) is 4.39 Å². The highest BCUT2D eigenvalue weighted by Gasteiger charge is 2.15. The van der Waals surface area contributed by atoms with Gasteiger partial charge in [0, 0.05) is 0 Å². The number of nitrogens with zero attached hydrogens (tertiary/aromatic N) is 2. The molecule has 0 amide bonds. The predicted molar refractivity (Wildman–Crippen MR) is 73.3 cm³/mol. The molecular weight excluding hydrogens is 241 g/mol. The minimum atomic E-state index is -0.376. The molecule has 4 heteroatoms. The van der Waals surface area contributed by atoms with Gasteiger partial charge in [-0.2, -0.15) is 10.2 Å². The van der Waals surface area contributed by atoms with E-state index >= 15 is 0 Å². The molecule has 2 rings (SSSR count). The number of halogens is 1. The minimum absolute atomic E-state index is 0.262. The summed E-state index contributed by atoms with van der Waals surface area (Å²) in [6.07, 6.45) is 0.755. The molecule has 0 bridgehead atoms. The summed E-state index contributed by atoms with van der Waals surface area (Å²) in [6, 6.07) is 6.43. The molecule has 2 aromatic rings. The quantitative estimate of drug-likeness (QED) is 0.922. The van der Waals surface area contributed by atoms with Crippen LogP contribution in [0, 0.1) is 19.7 Å². The third-order valence-electron chi connectivity index (χ3n) is 3.12. The Morgan fingerprint density at radius 3 is 2.53 bits per heavy atom. The molecule has 0 spiro atoms. The number of aryl methyl sites for hydroxylation is 3. The highest BCUT2D eigenvalue weighted by molar-refractivity contribution is 5.36. The third-order valence-corrected chi connectivity index (χ3v) is 3.12. The first kappa shape index (κ1) is 13.6. The third kappa shape index (κ3) is 2.96. The van der Waals surface area contributed by atoms with Gasteiger partial charge in [0.25, 0.3) is 0 Å². The standard InChI is InChI=1S/C15H18FN3/c1-4-14-13(7-10(3)18-19-14)15(17)11-5-9(2)6-12(16)8-11/h5-8,15H,4,17H2,1-3H3. The molecular formula is C15H18FN3. The van der Waals surface area contributed by atoms with E-state index in [0.717, 1.165) is 34.5 Å². The highest BCUT2D eigenvalue weighted by Crippen LogP contribution is 2.24. The fraction of sp³-hybridized carbons (Fsp3) is 0.333. The van der Waals surface area contributed by atoms with Crippen molar-refractivity contribution in [3.05, 3.63) is 58.2 Å². The zero-order chi connectivity index (χ0) is 14.0. The molecule has 1 unspecified atom stereocenters. The Balaban J connectivity index is 2.48. The van der Waals surface area contributed by atoms with Crippen LogP contribution in [0.1, 0.15) is 41.0 Å². The average molecular weight is 259 g/mol. The van der Waals surface area contributed by atoms with E-state index in [4.69, 9.17) is 5.73 Å². The predicted octanol–water partition coefficient (Wildman–Crippen LogP) is 2.84. The molecule has 2 N–H and O–H groups in total. The maximum Gasteiger partial charge on any atom is 0.123 e. The van der Waals surface area contributed by atoms with E-state index in [1.165, 1.54) is 12.1 Å². The van der Waals surface area contributed by atoms with Crippen molar-refractivity contribution in [2.45, 2.75) is 33.2 Å². The Morgan fingerprint density at radius 2 is 1.89 bits per heavy atom. The lowest BCUT2D eigenvalue weighted by molar-refractivity contribution is 0.621. The minimum Gasteiger partial charge on any atom is -0.320 e. The smallest absolute Gasteiger partial charge is 0.123 e. The maximum atomic E-state index is 13.5. The van der Waals surface area contributed by atoms with Gasteiger partial charge in [0.2, 0.25) is 0 Å². The van der Waals surface area contributed by atoms with Crippen molar-refractivity contribution in [2.75, 3.05) is 0 Å². The summed E-state index contributed by atoms with van der Waals surface area (Å²) >= 11 is 0. The molecule has 0 aliphatic carbocycles. The van der Waals surface area contributed by atoms with Gasteiger partial charge in [-0.15, -0.1) is 0 Å². The first-order valence-electron chi connectivity index (χ1n) is 6.37. The second-order valence-electron chi connectivity index (χ2n) is 4.78. The van der Waals surface area contributed by atoms with Crippen LogP contribution >= 0.6 is 0 Å². The molecule has 0 aliphatic rings. The Bertz CT molecular complexity index is 576. The van der Waals surface area contributed by atoms with E-state index in [0.29, 0.717) is 0 Å². The Labute approximate surface area is 112 Å². The molecule has 0 radical (unpaired) electrons. The number of nitrogens with two attached hydrogens (primary N) is 1. The van der Waals surface area contributed by atoms with Gasteiger partial charge < -0.3 is 5.73 Å². The zero-order valence-corrected chi connectivity index (χ0v) is 11.4. The lowest BCUT2D eigenvalue weighted by Crippen LogP contribution is -2.16. The molecule has 0 aliphatic heterocycles. The van der Waals surface area contributed by atoms with Gasteiger partial charge in [-0.25, -0.2) is 4.39 Å². The summed E-state index contributed by atoms with van der Waals surface area (Å²) in [6.45, 7) is 5.74. The second kappa shape index (κ2) is 5.45. The summed E-state index contributed by atoms with van der Waals surface area (Å²) in [5.74, 6) is -0.262. The lowest BCUT2D eigenvalue weighted by Gasteiger charge is -2.16. The molecule has 0 saturated heterocycles. The summed E-state index contributed by atoms with van der Waals surface area (Å²) < 4.78 is 13.5. The van der Waals surface area contributed by atoms with E-state index in [1.807, 2.05) is 32.9 Å². The highest BCUT2D eigenvalue weighted by atomic mass is 19.1. The van der Waals surface area contributed by atoms with Crippen LogP contribution in [0.2, 0.25) is 0 Å². The van der Waals surface area contributed by atoms with Crippen molar-refractivity contribution in [1.82, 2.24) is 10.2 Å². The zero-order valence-electron chi connectivity index (χ0n) is 11.4. The van der Waals surface area contributed by atoms with Gasteiger partial charge >= 0.3 is 0 Å². The van der Waals surface area contributed by atoms with Crippen molar-refractivity contribution in [2.24, 2.45) is 5.73 Å². The Kier molecular flexibility index (Phi) is 3.90. The van der Waals surface area contributed by atoms with Crippen molar-refractivity contribution in [3.63, 3.8) is 0 Å². The van der Waals surface area contributed by atoms with E-state index in [2.05, 4.69) is 10.2 Å². The fourth-order valence-electron chi connectivity index (χ4n) is 2.20. The fourth-order valence-corrected chi connectivity index (χ4v) is 2.20. The van der Waals surface area contributed by atoms with Crippen LogP contribution in [0.15, 0.2) is 24.3 Å². The molecule has 1 aromatic carbocycles. The van der Waals surface area contributed by atoms with Crippen LogP contribution in [-0.2, 0) is 6.42 Å². The molecule has 1 heterocycles. The summed E-state index contributed by atoms with van der Waals surface area (Å²) in [4.78, 5) is 0. The van der Waals surface area contributed by atoms with E-state index in [-0.39, 0.29) is 11.9 Å². The lowest BCUT2D eigenvalue weighted by atomic mass is 9.96. The number of rotatable bonds is 3. The van der Waals surface area contributed by atoms with Crippen molar-refractivity contribution < 1.29 is 4.39 Å². The first-order chi connectivity index (χ1) is 9.01. The van der Waals surface area contributed by atoms with Crippen molar-refractivity contribution in [1.29, 1.82) is 0 Å². The van der Waals surface area contributed by atoms with E-state index < -0.39 is 0 Å². The SMILES string of the molecule is CCc1nnc(C)cc1C(N)c1cc(C)cc(F)c1. The Hall–Kier alpha value is -1.81. The number of hydrogen-bond acceptors (Lipinski definition) is 3. The maximum absolute atomic E-state index is 13.5. The van der Waals surface area contributed by atoms with Gasteiger partial charge in [-0.3, -0.25) is 0 Å². The van der Waals surface area contributed by atoms with Crippen LogP contribution in [0.25, 0.3) is 0 Å². The molecule has 1 aromatic heterocycles. The molecule has 19 heavy (non-hydrogen) atoms. The summed E-state index contributed by atoms with van der Waals surface area (Å²) in [7, 11) is 0. The second-order valence-corrected chi connectivity index (χ2v) is 4.78. The van der Waals surface area contributed by atoms with E-state index in [1.54, 1.807) is 0 Å². The molecule has 0 saturated carbocycles. The van der Waals surface area contributed by atoms with Gasteiger partial charge in [0.05, 0.1) is 17.4 Å². The average Bonchev–Trinajstić information content (AvgIpc) is 2.36. The largest absolute Gasteiger partial charge is 0.320 e. The van der Waals surface area contributed by atoms with Crippen molar-refractivity contribution >= 4 is 0 Å². The van der Waals surface area contributed by atoms with Crippen LogP contribution < -0.4 is 5.73 Å². The van der Waals surface area contributed by atoms with Crippen LogP contribution in [0.4, 0.5) is 4.39 Å². The van der Waals surface area contributed by atoms with Crippen LogP contribution in [0.3, 0.4) is 0 Å². The molecule has 100 valence electrons. The summed E-state index contributed by atoms with van der Waals surface area (Å²) in [5, 5.41) is 8.21. The number of benzene rings is 1. The van der Waals surface area contributed by atoms with Gasteiger partial charge in [0.15, 0.2) is 0 Å². The normalized spacial score (nSPS) is 12.5. The van der Waals surface area contributed by atoms with Crippen LogP contribution in [-0.4, -0.2) is 10.2 Å². The molecule has 3 nitrogen and oxygen atoms in total. The first-order valence-corrected chi connectivity index (χ1v) is 6.37. The topological polar surface area (TPSA) is 51.8 Å². The van der Waals surface area contributed by atoms with Gasteiger partial charge in [-0.1, -0.05) is 13.0 Å². The van der Waals surface area contributed by atoms with Crippen LogP contribution in [0.5, 0.6) is 0 Å². The Morgan fingerprint density at radius 1 is 1.16 bits per heavy atom. The monoisotopic (exact) mass is 259 g/mol. The molecule has 1 atom stereocenters. The van der Waals surface area contributed by atoms with Gasteiger partial charge in [0.1, 0.15) is 5.82 Å². The van der Waals surface area contributed by atoms with Gasteiger partial charge in [-0.05, 0) is 55.2 Å². The molecule has 0 fully saturated rings. The van der Waals surface area contributed by atoms with Crippen molar-refractivity contribution in [3.8, 4) is 0 Å².